The predicted molar refractivity (Wildman–Crippen MR) is 121 cm³/mol. The second kappa shape index (κ2) is 9.47. The Balaban J connectivity index is 1.76. The fourth-order valence-corrected chi connectivity index (χ4v) is 3.80. The van der Waals surface area contributed by atoms with E-state index in [1.807, 2.05) is 43.3 Å². The van der Waals surface area contributed by atoms with Gasteiger partial charge in [0.15, 0.2) is 0 Å². The molecule has 0 unspecified atom stereocenters. The van der Waals surface area contributed by atoms with Crippen molar-refractivity contribution in [2.24, 2.45) is 0 Å². The zero-order valence-corrected chi connectivity index (χ0v) is 17.8. The molecule has 0 saturated carbocycles. The third-order valence-corrected chi connectivity index (χ3v) is 5.33. The van der Waals surface area contributed by atoms with Crippen LogP contribution in [0.15, 0.2) is 84.7 Å². The number of carbonyl (C=O) groups excluding carboxylic acids is 2. The van der Waals surface area contributed by atoms with Gasteiger partial charge in [0.1, 0.15) is 11.5 Å². The summed E-state index contributed by atoms with van der Waals surface area (Å²) in [7, 11) is 0. The summed E-state index contributed by atoms with van der Waals surface area (Å²) in [6.07, 6.45) is 4.20. The van der Waals surface area contributed by atoms with Crippen LogP contribution in [0.5, 0.6) is 5.75 Å². The van der Waals surface area contributed by atoms with E-state index in [2.05, 4.69) is 4.98 Å². The van der Waals surface area contributed by atoms with Crippen LogP contribution in [-0.2, 0) is 16.1 Å². The second-order valence-electron chi connectivity index (χ2n) is 7.57. The van der Waals surface area contributed by atoms with Gasteiger partial charge < -0.3 is 14.7 Å². The van der Waals surface area contributed by atoms with Crippen LogP contribution in [0.25, 0.3) is 5.76 Å². The highest BCUT2D eigenvalue weighted by atomic mass is 16.5. The molecule has 1 N–H and O–H groups in total. The number of ketones is 1. The second-order valence-corrected chi connectivity index (χ2v) is 7.57. The number of pyridine rings is 1. The minimum Gasteiger partial charge on any atom is -0.507 e. The Labute approximate surface area is 186 Å². The number of hydrogen-bond donors (Lipinski definition) is 1. The molecule has 0 radical (unpaired) electrons. The number of aromatic nitrogens is 1. The van der Waals surface area contributed by atoms with Crippen molar-refractivity contribution in [3.05, 3.63) is 101 Å². The zero-order chi connectivity index (χ0) is 22.5. The third-order valence-electron chi connectivity index (χ3n) is 5.33. The molecule has 32 heavy (non-hydrogen) atoms. The minimum atomic E-state index is -0.702. The summed E-state index contributed by atoms with van der Waals surface area (Å²) in [5.74, 6) is -0.869. The van der Waals surface area contributed by atoms with Gasteiger partial charge in [-0.15, -0.1) is 0 Å². The molecule has 2 aromatic carbocycles. The first-order valence-corrected chi connectivity index (χ1v) is 10.6. The van der Waals surface area contributed by atoms with Gasteiger partial charge in [0.2, 0.25) is 0 Å². The van der Waals surface area contributed by atoms with Crippen molar-refractivity contribution >= 4 is 17.4 Å². The topological polar surface area (TPSA) is 79.7 Å². The largest absolute Gasteiger partial charge is 0.507 e. The normalized spacial score (nSPS) is 17.5. The first-order chi connectivity index (χ1) is 15.6. The van der Waals surface area contributed by atoms with Gasteiger partial charge in [-0.05, 0) is 47.9 Å². The lowest BCUT2D eigenvalue weighted by Gasteiger charge is -2.25. The van der Waals surface area contributed by atoms with Crippen molar-refractivity contribution in [1.29, 1.82) is 0 Å². The molecular formula is C26H24N2O4. The van der Waals surface area contributed by atoms with Gasteiger partial charge in [-0.3, -0.25) is 14.6 Å². The van der Waals surface area contributed by atoms with Crippen molar-refractivity contribution in [2.45, 2.75) is 25.9 Å². The number of aliphatic hydroxyl groups excluding tert-OH is 1. The van der Waals surface area contributed by atoms with E-state index in [1.54, 1.807) is 42.7 Å². The van der Waals surface area contributed by atoms with Crippen LogP contribution in [0.3, 0.4) is 0 Å². The summed E-state index contributed by atoms with van der Waals surface area (Å²) >= 11 is 0. The average Bonchev–Trinajstić information content (AvgIpc) is 3.09. The summed E-state index contributed by atoms with van der Waals surface area (Å²) < 4.78 is 5.59. The summed E-state index contributed by atoms with van der Waals surface area (Å²) in [6, 6.07) is 19.1. The van der Waals surface area contributed by atoms with E-state index in [1.165, 1.54) is 4.90 Å². The fourth-order valence-electron chi connectivity index (χ4n) is 3.80. The highest BCUT2D eigenvalue weighted by molar-refractivity contribution is 6.46. The van der Waals surface area contributed by atoms with Crippen LogP contribution in [0.1, 0.15) is 36.1 Å². The van der Waals surface area contributed by atoms with Gasteiger partial charge in [0.05, 0.1) is 18.2 Å². The van der Waals surface area contributed by atoms with Gasteiger partial charge in [0.25, 0.3) is 11.7 Å². The van der Waals surface area contributed by atoms with Crippen LogP contribution >= 0.6 is 0 Å². The molecule has 1 aliphatic heterocycles. The predicted octanol–water partition coefficient (Wildman–Crippen LogP) is 4.49. The van der Waals surface area contributed by atoms with Crippen LogP contribution in [0.4, 0.5) is 0 Å². The van der Waals surface area contributed by atoms with Gasteiger partial charge in [-0.2, -0.15) is 0 Å². The van der Waals surface area contributed by atoms with Crippen molar-refractivity contribution < 1.29 is 19.4 Å². The fraction of sp³-hybridized carbons (Fsp3) is 0.192. The maximum Gasteiger partial charge on any atom is 0.295 e. The van der Waals surface area contributed by atoms with E-state index in [4.69, 9.17) is 4.74 Å². The lowest BCUT2D eigenvalue weighted by Crippen LogP contribution is -2.29. The molecule has 6 nitrogen and oxygen atoms in total. The maximum absolute atomic E-state index is 13.1. The number of hydrogen-bond acceptors (Lipinski definition) is 5. The zero-order valence-electron chi connectivity index (χ0n) is 17.8. The first kappa shape index (κ1) is 21.3. The molecule has 0 aliphatic carbocycles. The van der Waals surface area contributed by atoms with Crippen molar-refractivity contribution in [3.63, 3.8) is 0 Å². The number of benzene rings is 2. The standard InChI is InChI=1S/C26H24N2O4/c1-2-15-32-21-12-10-20(11-13-21)24(29)22-23(19-8-4-3-5-9-19)28(26(31)25(22)30)17-18-7-6-14-27-16-18/h3-14,16,23,29H,2,15,17H2,1H3/b24-22+/t23-/m1/s1. The van der Waals surface area contributed by atoms with Crippen molar-refractivity contribution in [2.75, 3.05) is 6.61 Å². The maximum atomic E-state index is 13.1. The Hall–Kier alpha value is -3.93. The monoisotopic (exact) mass is 428 g/mol. The molecule has 6 heteroatoms. The smallest absolute Gasteiger partial charge is 0.295 e. The van der Waals surface area contributed by atoms with Crippen LogP contribution in [0.2, 0.25) is 0 Å². The molecule has 0 spiro atoms. The number of amides is 1. The molecule has 4 rings (SSSR count). The molecule has 162 valence electrons. The summed E-state index contributed by atoms with van der Waals surface area (Å²) in [4.78, 5) is 31.7. The number of likely N-dealkylation sites (tertiary alicyclic amines) is 1. The highest BCUT2D eigenvalue weighted by Crippen LogP contribution is 2.40. The van der Waals surface area contributed by atoms with E-state index in [0.717, 1.165) is 17.5 Å². The number of ether oxygens (including phenoxy) is 1. The summed E-state index contributed by atoms with van der Waals surface area (Å²) in [6.45, 7) is 2.83. The molecule has 1 fully saturated rings. The molecule has 1 aliphatic rings. The number of Topliss-reactive ketones (excluding diaryl/α,β-unsaturated/α-hetero) is 1. The lowest BCUT2D eigenvalue weighted by molar-refractivity contribution is -0.140. The lowest BCUT2D eigenvalue weighted by atomic mass is 9.95. The first-order valence-electron chi connectivity index (χ1n) is 10.6. The quantitative estimate of drug-likeness (QED) is 0.341. The molecule has 1 amide bonds. The van der Waals surface area contributed by atoms with Crippen LogP contribution in [-0.4, -0.2) is 33.3 Å². The molecule has 3 aromatic rings. The van der Waals surface area contributed by atoms with Crippen molar-refractivity contribution in [1.82, 2.24) is 9.88 Å². The Bertz CT molecular complexity index is 1130. The molecule has 1 aromatic heterocycles. The summed E-state index contributed by atoms with van der Waals surface area (Å²) in [5.41, 5.74) is 2.08. The summed E-state index contributed by atoms with van der Waals surface area (Å²) in [5, 5.41) is 11.1. The van der Waals surface area contributed by atoms with Gasteiger partial charge in [-0.25, -0.2) is 0 Å². The Kier molecular flexibility index (Phi) is 6.31. The van der Waals surface area contributed by atoms with Crippen LogP contribution in [0, 0.1) is 0 Å². The average molecular weight is 428 g/mol. The Morgan fingerprint density at radius 3 is 2.44 bits per heavy atom. The van der Waals surface area contributed by atoms with Gasteiger partial charge in [-0.1, -0.05) is 43.3 Å². The number of nitrogens with zero attached hydrogens (tertiary/aromatic N) is 2. The van der Waals surface area contributed by atoms with Crippen molar-refractivity contribution in [3.8, 4) is 5.75 Å². The van der Waals surface area contributed by atoms with E-state index < -0.39 is 17.7 Å². The van der Waals surface area contributed by atoms with E-state index >= 15 is 0 Å². The van der Waals surface area contributed by atoms with E-state index in [-0.39, 0.29) is 17.9 Å². The highest BCUT2D eigenvalue weighted by Gasteiger charge is 2.46. The third kappa shape index (κ3) is 4.25. The number of aliphatic hydroxyl groups is 1. The SMILES string of the molecule is CCCOc1ccc(/C(O)=C2\C(=O)C(=O)N(Cc3cccnc3)[C@@H]2c2ccccc2)cc1. The Morgan fingerprint density at radius 1 is 1.03 bits per heavy atom. The molecule has 0 bridgehead atoms. The number of carbonyl (C=O) groups is 2. The van der Waals surface area contributed by atoms with Crippen LogP contribution < -0.4 is 4.74 Å². The Morgan fingerprint density at radius 2 is 1.78 bits per heavy atom. The number of rotatable bonds is 7. The molecule has 2 heterocycles. The van der Waals surface area contributed by atoms with Gasteiger partial charge in [0, 0.05) is 24.5 Å². The minimum absolute atomic E-state index is 0.0762. The van der Waals surface area contributed by atoms with Gasteiger partial charge >= 0.3 is 0 Å². The van der Waals surface area contributed by atoms with E-state index in [0.29, 0.717) is 17.9 Å². The molecular weight excluding hydrogens is 404 g/mol. The molecule has 1 saturated heterocycles. The molecule has 1 atom stereocenters. The van der Waals surface area contributed by atoms with E-state index in [9.17, 15) is 14.7 Å².